The number of nitrogens with one attached hydrogen (secondary N) is 2. The first-order valence-corrected chi connectivity index (χ1v) is 6.88. The predicted molar refractivity (Wildman–Crippen MR) is 75.4 cm³/mol. The summed E-state index contributed by atoms with van der Waals surface area (Å²) < 4.78 is 13.8. The molecular weight excluding hydrogens is 279 g/mol. The largest absolute Gasteiger partial charge is 0.376 e. The summed E-state index contributed by atoms with van der Waals surface area (Å²) in [6.07, 6.45) is 8.27. The molecule has 0 unspecified atom stereocenters. The molecule has 0 atom stereocenters. The Labute approximate surface area is 121 Å². The van der Waals surface area contributed by atoms with Crippen molar-refractivity contribution in [3.63, 3.8) is 0 Å². The predicted octanol–water partition coefficient (Wildman–Crippen LogP) is 3.28. The molecule has 3 rings (SSSR count). The topological polar surface area (TPSA) is 53.6 Å². The molecule has 0 aliphatic heterocycles. The highest BCUT2D eigenvalue weighted by molar-refractivity contribution is 6.30. The molecule has 0 radical (unpaired) electrons. The van der Waals surface area contributed by atoms with Crippen molar-refractivity contribution in [2.45, 2.75) is 25.8 Å². The molecule has 4 nitrogen and oxygen atoms in total. The molecular formula is C14H14ClFN4. The fraction of sp³-hybridized carbons (Fsp3) is 0.286. The summed E-state index contributed by atoms with van der Waals surface area (Å²) in [7, 11) is 0. The minimum atomic E-state index is -0.473. The Balaban J connectivity index is 1.80. The van der Waals surface area contributed by atoms with Gasteiger partial charge in [0, 0.05) is 18.6 Å². The van der Waals surface area contributed by atoms with Crippen LogP contribution in [0.15, 0.2) is 30.2 Å². The minimum Gasteiger partial charge on any atom is -0.376 e. The lowest BCUT2D eigenvalue weighted by molar-refractivity contribution is 0.590. The maximum absolute atomic E-state index is 13.8. The summed E-state index contributed by atoms with van der Waals surface area (Å²) in [5.41, 5.74) is 2.56. The first kappa shape index (κ1) is 13.1. The van der Waals surface area contributed by atoms with Gasteiger partial charge in [0.25, 0.3) is 0 Å². The van der Waals surface area contributed by atoms with Crippen molar-refractivity contribution in [2.75, 3.05) is 0 Å². The Morgan fingerprint density at radius 2 is 2.20 bits per heavy atom. The quantitative estimate of drug-likeness (QED) is 0.909. The first-order chi connectivity index (χ1) is 9.75. The molecule has 1 fully saturated rings. The van der Waals surface area contributed by atoms with Gasteiger partial charge in [-0.05, 0) is 30.9 Å². The zero-order valence-corrected chi connectivity index (χ0v) is 11.5. The zero-order valence-electron chi connectivity index (χ0n) is 10.8. The van der Waals surface area contributed by atoms with Crippen molar-refractivity contribution >= 4 is 17.3 Å². The van der Waals surface area contributed by atoms with E-state index < -0.39 is 5.82 Å². The van der Waals surface area contributed by atoms with Crippen LogP contribution >= 0.6 is 11.6 Å². The average molecular weight is 293 g/mol. The second-order valence-electron chi connectivity index (χ2n) is 4.68. The SMILES string of the molecule is Fc1c(Cl)ccnc1CNC(=C1CCC1)c1ncc[nH]1. The monoisotopic (exact) mass is 292 g/mol. The van der Waals surface area contributed by atoms with Gasteiger partial charge in [-0.2, -0.15) is 0 Å². The van der Waals surface area contributed by atoms with E-state index in [0.717, 1.165) is 24.4 Å². The van der Waals surface area contributed by atoms with Crippen molar-refractivity contribution in [3.8, 4) is 0 Å². The summed E-state index contributed by atoms with van der Waals surface area (Å²) in [6, 6.07) is 1.44. The molecule has 0 saturated heterocycles. The molecule has 2 aromatic heterocycles. The number of allylic oxidation sites excluding steroid dienone is 1. The number of aromatic nitrogens is 3. The molecule has 2 aromatic rings. The van der Waals surface area contributed by atoms with Gasteiger partial charge in [0.05, 0.1) is 23.0 Å². The van der Waals surface area contributed by atoms with Crippen LogP contribution in [0, 0.1) is 5.82 Å². The number of hydrogen-bond donors (Lipinski definition) is 2. The van der Waals surface area contributed by atoms with E-state index in [1.807, 2.05) is 0 Å². The normalized spacial score (nSPS) is 14.0. The van der Waals surface area contributed by atoms with Crippen LogP contribution in [0.25, 0.3) is 5.70 Å². The maximum atomic E-state index is 13.8. The molecule has 0 aromatic carbocycles. The van der Waals surface area contributed by atoms with Gasteiger partial charge in [0.1, 0.15) is 0 Å². The Kier molecular flexibility index (Phi) is 3.69. The number of aromatic amines is 1. The van der Waals surface area contributed by atoms with Crippen molar-refractivity contribution in [2.24, 2.45) is 0 Å². The summed E-state index contributed by atoms with van der Waals surface area (Å²) in [5, 5.41) is 3.32. The molecule has 2 N–H and O–H groups in total. The third-order valence-corrected chi connectivity index (χ3v) is 3.68. The fourth-order valence-corrected chi connectivity index (χ4v) is 2.30. The highest BCUT2D eigenvalue weighted by Crippen LogP contribution is 2.31. The Morgan fingerprint density at radius 3 is 2.85 bits per heavy atom. The van der Waals surface area contributed by atoms with Crippen LogP contribution in [0.5, 0.6) is 0 Å². The van der Waals surface area contributed by atoms with Crippen LogP contribution in [0.1, 0.15) is 30.8 Å². The van der Waals surface area contributed by atoms with E-state index in [0.29, 0.717) is 5.69 Å². The molecule has 2 heterocycles. The lowest BCUT2D eigenvalue weighted by atomic mass is 9.90. The number of rotatable bonds is 4. The number of pyridine rings is 1. The van der Waals surface area contributed by atoms with Gasteiger partial charge in [-0.15, -0.1) is 0 Å². The van der Waals surface area contributed by atoms with Crippen molar-refractivity contribution in [1.29, 1.82) is 0 Å². The van der Waals surface area contributed by atoms with E-state index in [4.69, 9.17) is 11.6 Å². The van der Waals surface area contributed by atoms with Crippen LogP contribution in [-0.2, 0) is 6.54 Å². The second kappa shape index (κ2) is 5.63. The smallest absolute Gasteiger partial charge is 0.165 e. The Morgan fingerprint density at radius 1 is 1.35 bits per heavy atom. The standard InChI is InChI=1S/C14H14ClFN4/c15-10-4-5-17-11(12(10)16)8-20-13(9-2-1-3-9)14-18-6-7-19-14/h4-7,20H,1-3,8H2,(H,18,19). The van der Waals surface area contributed by atoms with E-state index in [-0.39, 0.29) is 11.6 Å². The second-order valence-corrected chi connectivity index (χ2v) is 5.08. The number of imidazole rings is 1. The van der Waals surface area contributed by atoms with Crippen LogP contribution < -0.4 is 5.32 Å². The summed E-state index contributed by atoms with van der Waals surface area (Å²) in [6.45, 7) is 0.284. The first-order valence-electron chi connectivity index (χ1n) is 6.50. The summed E-state index contributed by atoms with van der Waals surface area (Å²) in [4.78, 5) is 11.4. The van der Waals surface area contributed by atoms with Crippen LogP contribution in [0.3, 0.4) is 0 Å². The van der Waals surface area contributed by atoms with Gasteiger partial charge in [0.2, 0.25) is 0 Å². The molecule has 0 bridgehead atoms. The van der Waals surface area contributed by atoms with Gasteiger partial charge in [-0.1, -0.05) is 11.6 Å². The highest BCUT2D eigenvalue weighted by atomic mass is 35.5. The van der Waals surface area contributed by atoms with E-state index in [1.54, 1.807) is 12.4 Å². The molecule has 6 heteroatoms. The van der Waals surface area contributed by atoms with Crippen molar-refractivity contribution < 1.29 is 4.39 Å². The number of halogens is 2. The number of H-pyrrole nitrogens is 1. The maximum Gasteiger partial charge on any atom is 0.165 e. The molecule has 1 aliphatic carbocycles. The highest BCUT2D eigenvalue weighted by Gasteiger charge is 2.18. The number of hydrogen-bond acceptors (Lipinski definition) is 3. The molecule has 1 saturated carbocycles. The Bertz CT molecular complexity index is 631. The minimum absolute atomic E-state index is 0.0904. The van der Waals surface area contributed by atoms with Crippen molar-refractivity contribution in [1.82, 2.24) is 20.3 Å². The van der Waals surface area contributed by atoms with E-state index in [1.165, 1.54) is 24.3 Å². The third kappa shape index (κ3) is 2.54. The van der Waals surface area contributed by atoms with Gasteiger partial charge in [0.15, 0.2) is 11.6 Å². The lowest BCUT2D eigenvalue weighted by Crippen LogP contribution is -2.19. The molecule has 0 spiro atoms. The van der Waals surface area contributed by atoms with Crippen LogP contribution in [0.2, 0.25) is 5.02 Å². The van der Waals surface area contributed by atoms with Crippen LogP contribution in [0.4, 0.5) is 4.39 Å². The Hall–Kier alpha value is -1.88. The summed E-state index contributed by atoms with van der Waals surface area (Å²) in [5.74, 6) is 0.307. The lowest BCUT2D eigenvalue weighted by Gasteiger charge is -2.22. The molecule has 104 valence electrons. The third-order valence-electron chi connectivity index (χ3n) is 3.39. The van der Waals surface area contributed by atoms with Crippen LogP contribution in [-0.4, -0.2) is 15.0 Å². The average Bonchev–Trinajstić information content (AvgIpc) is 2.90. The number of nitrogens with zero attached hydrogens (tertiary/aromatic N) is 2. The van der Waals surface area contributed by atoms with Gasteiger partial charge in [-0.3, -0.25) is 4.98 Å². The summed E-state index contributed by atoms with van der Waals surface area (Å²) >= 11 is 5.76. The zero-order chi connectivity index (χ0) is 13.9. The van der Waals surface area contributed by atoms with E-state index >= 15 is 0 Å². The molecule has 1 aliphatic rings. The van der Waals surface area contributed by atoms with E-state index in [2.05, 4.69) is 20.3 Å². The van der Waals surface area contributed by atoms with Crippen molar-refractivity contribution in [3.05, 3.63) is 52.6 Å². The van der Waals surface area contributed by atoms with Gasteiger partial charge < -0.3 is 10.3 Å². The van der Waals surface area contributed by atoms with Gasteiger partial charge >= 0.3 is 0 Å². The molecule has 20 heavy (non-hydrogen) atoms. The van der Waals surface area contributed by atoms with E-state index in [9.17, 15) is 4.39 Å². The molecule has 0 amide bonds. The van der Waals surface area contributed by atoms with Gasteiger partial charge in [-0.25, -0.2) is 9.37 Å². The fourth-order valence-electron chi connectivity index (χ4n) is 2.14.